The van der Waals surface area contributed by atoms with Crippen LogP contribution in [0.3, 0.4) is 0 Å². The second-order valence-corrected chi connectivity index (χ2v) is 8.14. The monoisotopic (exact) mass is 388 g/mol. The molecule has 0 aromatic heterocycles. The molecular formula is C26H44O2. The second kappa shape index (κ2) is 17.8. The summed E-state index contributed by atoms with van der Waals surface area (Å²) in [7, 11) is 0. The van der Waals surface area contributed by atoms with Gasteiger partial charge in [-0.2, -0.15) is 0 Å². The van der Waals surface area contributed by atoms with Gasteiger partial charge < -0.3 is 4.74 Å². The van der Waals surface area contributed by atoms with Crippen LogP contribution in [0.2, 0.25) is 0 Å². The van der Waals surface area contributed by atoms with E-state index in [4.69, 9.17) is 4.74 Å². The van der Waals surface area contributed by atoms with Crippen LogP contribution in [0.4, 0.5) is 0 Å². The molecule has 0 amide bonds. The molecule has 1 unspecified atom stereocenters. The van der Waals surface area contributed by atoms with Gasteiger partial charge in [-0.15, -0.1) is 0 Å². The first-order valence-electron chi connectivity index (χ1n) is 12.0. The molecule has 0 radical (unpaired) electrons. The summed E-state index contributed by atoms with van der Waals surface area (Å²) in [5.74, 6) is -0.184. The standard InChI is InChI=1S/C26H44O2/c1-3-5-6-7-8-9-10-11-12-13-14-15-16-20-23-28-26(27)25(4-2)24-21-18-17-19-22-24/h17-19,21-22,25H,3-16,20,23H2,1-2H3. The van der Waals surface area contributed by atoms with Gasteiger partial charge >= 0.3 is 5.97 Å². The fraction of sp³-hybridized carbons (Fsp3) is 0.731. The number of rotatable bonds is 18. The highest BCUT2D eigenvalue weighted by atomic mass is 16.5. The van der Waals surface area contributed by atoms with Crippen molar-refractivity contribution in [3.05, 3.63) is 35.9 Å². The zero-order valence-corrected chi connectivity index (χ0v) is 18.6. The summed E-state index contributed by atoms with van der Waals surface area (Å²) in [6.45, 7) is 4.89. The van der Waals surface area contributed by atoms with Crippen molar-refractivity contribution in [2.75, 3.05) is 6.61 Å². The SMILES string of the molecule is CCCCCCCCCCCCCCCCOC(=O)C(CC)c1ccccc1. The van der Waals surface area contributed by atoms with Gasteiger partial charge in [-0.1, -0.05) is 128 Å². The van der Waals surface area contributed by atoms with E-state index >= 15 is 0 Å². The zero-order valence-electron chi connectivity index (χ0n) is 18.6. The lowest BCUT2D eigenvalue weighted by atomic mass is 9.97. The van der Waals surface area contributed by atoms with Crippen LogP contribution < -0.4 is 0 Å². The molecule has 0 aliphatic rings. The fourth-order valence-electron chi connectivity index (χ4n) is 3.79. The number of benzene rings is 1. The predicted molar refractivity (Wildman–Crippen MR) is 121 cm³/mol. The molecule has 160 valence electrons. The minimum Gasteiger partial charge on any atom is -0.465 e. The molecule has 0 heterocycles. The number of hydrogen-bond donors (Lipinski definition) is 0. The van der Waals surface area contributed by atoms with E-state index in [1.54, 1.807) is 0 Å². The molecule has 0 bridgehead atoms. The maximum atomic E-state index is 12.3. The Morgan fingerprint density at radius 2 is 1.18 bits per heavy atom. The summed E-state index contributed by atoms with van der Waals surface area (Å²) in [6, 6.07) is 9.98. The van der Waals surface area contributed by atoms with Crippen LogP contribution >= 0.6 is 0 Å². The average Bonchev–Trinajstić information content (AvgIpc) is 2.72. The molecule has 2 nitrogen and oxygen atoms in total. The third kappa shape index (κ3) is 12.2. The number of carbonyl (C=O) groups is 1. The maximum absolute atomic E-state index is 12.3. The predicted octanol–water partition coefficient (Wildman–Crippen LogP) is 8.20. The Morgan fingerprint density at radius 1 is 0.714 bits per heavy atom. The van der Waals surface area contributed by atoms with Crippen LogP contribution in [-0.2, 0) is 9.53 Å². The lowest BCUT2D eigenvalue weighted by molar-refractivity contribution is -0.145. The van der Waals surface area contributed by atoms with Crippen molar-refractivity contribution in [1.82, 2.24) is 0 Å². The van der Waals surface area contributed by atoms with Crippen molar-refractivity contribution in [3.63, 3.8) is 0 Å². The van der Waals surface area contributed by atoms with E-state index in [1.165, 1.54) is 83.5 Å². The summed E-state index contributed by atoms with van der Waals surface area (Å²) >= 11 is 0. The molecular weight excluding hydrogens is 344 g/mol. The third-order valence-electron chi connectivity index (χ3n) is 5.64. The Kier molecular flexibility index (Phi) is 15.7. The first-order valence-corrected chi connectivity index (χ1v) is 12.0. The van der Waals surface area contributed by atoms with Gasteiger partial charge in [0.25, 0.3) is 0 Å². The van der Waals surface area contributed by atoms with Gasteiger partial charge in [0.05, 0.1) is 12.5 Å². The summed E-state index contributed by atoms with van der Waals surface area (Å²) < 4.78 is 5.52. The van der Waals surface area contributed by atoms with E-state index in [9.17, 15) is 4.79 Å². The Balaban J connectivity index is 1.90. The molecule has 0 saturated heterocycles. The van der Waals surface area contributed by atoms with Gasteiger partial charge in [0.2, 0.25) is 0 Å². The van der Waals surface area contributed by atoms with Crippen molar-refractivity contribution in [1.29, 1.82) is 0 Å². The first kappa shape index (κ1) is 24.7. The largest absolute Gasteiger partial charge is 0.465 e. The average molecular weight is 389 g/mol. The number of ether oxygens (including phenoxy) is 1. The Morgan fingerprint density at radius 3 is 1.64 bits per heavy atom. The zero-order chi connectivity index (χ0) is 20.3. The minimum absolute atomic E-state index is 0.0663. The van der Waals surface area contributed by atoms with E-state index in [0.717, 1.165) is 18.4 Å². The number of unbranched alkanes of at least 4 members (excludes halogenated alkanes) is 13. The van der Waals surface area contributed by atoms with Gasteiger partial charge in [0.1, 0.15) is 0 Å². The quantitative estimate of drug-likeness (QED) is 0.187. The lowest BCUT2D eigenvalue weighted by Crippen LogP contribution is -2.16. The molecule has 1 aromatic rings. The molecule has 28 heavy (non-hydrogen) atoms. The van der Waals surface area contributed by atoms with Crippen LogP contribution in [0.25, 0.3) is 0 Å². The van der Waals surface area contributed by atoms with Gasteiger partial charge in [0, 0.05) is 0 Å². The molecule has 1 aromatic carbocycles. The molecule has 2 heteroatoms. The Hall–Kier alpha value is -1.31. The molecule has 0 aliphatic carbocycles. The van der Waals surface area contributed by atoms with Crippen molar-refractivity contribution >= 4 is 5.97 Å². The highest BCUT2D eigenvalue weighted by Gasteiger charge is 2.19. The topological polar surface area (TPSA) is 26.3 Å². The Bertz CT molecular complexity index is 469. The number of hydrogen-bond acceptors (Lipinski definition) is 2. The summed E-state index contributed by atoms with van der Waals surface area (Å²) in [5.41, 5.74) is 1.07. The van der Waals surface area contributed by atoms with Crippen LogP contribution in [0.5, 0.6) is 0 Å². The van der Waals surface area contributed by atoms with Gasteiger partial charge in [-0.05, 0) is 18.4 Å². The van der Waals surface area contributed by atoms with Crippen molar-refractivity contribution in [2.45, 2.75) is 116 Å². The fourth-order valence-corrected chi connectivity index (χ4v) is 3.79. The van der Waals surface area contributed by atoms with Gasteiger partial charge in [-0.3, -0.25) is 4.79 Å². The van der Waals surface area contributed by atoms with Crippen LogP contribution in [0.15, 0.2) is 30.3 Å². The van der Waals surface area contributed by atoms with Crippen molar-refractivity contribution in [2.24, 2.45) is 0 Å². The van der Waals surface area contributed by atoms with Gasteiger partial charge in [-0.25, -0.2) is 0 Å². The number of carbonyl (C=O) groups excluding carboxylic acids is 1. The molecule has 0 fully saturated rings. The van der Waals surface area contributed by atoms with Crippen molar-refractivity contribution < 1.29 is 9.53 Å². The number of esters is 1. The maximum Gasteiger partial charge on any atom is 0.313 e. The van der Waals surface area contributed by atoms with Gasteiger partial charge in [0.15, 0.2) is 0 Å². The van der Waals surface area contributed by atoms with Crippen molar-refractivity contribution in [3.8, 4) is 0 Å². The van der Waals surface area contributed by atoms with E-state index in [2.05, 4.69) is 6.92 Å². The van der Waals surface area contributed by atoms with E-state index in [1.807, 2.05) is 37.3 Å². The molecule has 1 rings (SSSR count). The van der Waals surface area contributed by atoms with E-state index < -0.39 is 0 Å². The summed E-state index contributed by atoms with van der Waals surface area (Å²) in [5, 5.41) is 0. The van der Waals surface area contributed by atoms with Crippen LogP contribution in [0.1, 0.15) is 122 Å². The highest BCUT2D eigenvalue weighted by Crippen LogP contribution is 2.21. The third-order valence-corrected chi connectivity index (χ3v) is 5.64. The van der Waals surface area contributed by atoms with E-state index in [-0.39, 0.29) is 11.9 Å². The molecule has 1 atom stereocenters. The Labute approximate surface area is 174 Å². The minimum atomic E-state index is -0.118. The molecule has 0 aliphatic heterocycles. The highest BCUT2D eigenvalue weighted by molar-refractivity contribution is 5.78. The summed E-state index contributed by atoms with van der Waals surface area (Å²) in [6.07, 6.45) is 19.6. The first-order chi connectivity index (χ1) is 13.8. The smallest absolute Gasteiger partial charge is 0.313 e. The van der Waals surface area contributed by atoms with Crippen LogP contribution in [-0.4, -0.2) is 12.6 Å². The molecule has 0 N–H and O–H groups in total. The second-order valence-electron chi connectivity index (χ2n) is 8.14. The summed E-state index contributed by atoms with van der Waals surface area (Å²) in [4.78, 5) is 12.3. The lowest BCUT2D eigenvalue weighted by Gasteiger charge is -2.14. The molecule has 0 spiro atoms. The molecule has 0 saturated carbocycles. The van der Waals surface area contributed by atoms with Crippen LogP contribution in [0, 0.1) is 0 Å². The normalized spacial score (nSPS) is 12.1. The van der Waals surface area contributed by atoms with E-state index in [0.29, 0.717) is 6.61 Å².